The van der Waals surface area contributed by atoms with Crippen LogP contribution in [0.15, 0.2) is 108 Å². The monoisotopic (exact) mass is 579 g/mol. The number of hydrogen-bond donors (Lipinski definition) is 4. The van der Waals surface area contributed by atoms with E-state index in [1.54, 1.807) is 67.6 Å². The summed E-state index contributed by atoms with van der Waals surface area (Å²) in [5, 5.41) is 17.5. The van der Waals surface area contributed by atoms with Crippen molar-refractivity contribution in [1.29, 1.82) is 0 Å². The van der Waals surface area contributed by atoms with Gasteiger partial charge in [-0.1, -0.05) is 54.1 Å². The van der Waals surface area contributed by atoms with Gasteiger partial charge in [0.15, 0.2) is 0 Å². The van der Waals surface area contributed by atoms with Crippen LogP contribution in [-0.2, 0) is 9.59 Å². The first kappa shape index (κ1) is 29.8. The summed E-state index contributed by atoms with van der Waals surface area (Å²) in [7, 11) is 0. The molecule has 0 aliphatic heterocycles. The van der Waals surface area contributed by atoms with Crippen LogP contribution in [0.1, 0.15) is 37.4 Å². The average Bonchev–Trinajstić information content (AvgIpc) is 2.99. The highest BCUT2D eigenvalue weighted by molar-refractivity contribution is 8.00. The Morgan fingerprint density at radius 3 is 2.14 bits per heavy atom. The highest BCUT2D eigenvalue weighted by Gasteiger charge is 2.15. The van der Waals surface area contributed by atoms with Gasteiger partial charge in [0.05, 0.1) is 11.3 Å². The van der Waals surface area contributed by atoms with Crippen LogP contribution in [0.5, 0.6) is 0 Å². The molecule has 0 aliphatic rings. The maximum atomic E-state index is 13.2. The van der Waals surface area contributed by atoms with E-state index in [4.69, 9.17) is 0 Å². The molecule has 0 fully saturated rings. The van der Waals surface area contributed by atoms with Crippen molar-refractivity contribution in [2.24, 2.45) is 0 Å². The molecular formula is C33H29N3O5S. The van der Waals surface area contributed by atoms with Crippen molar-refractivity contribution in [2.75, 3.05) is 16.4 Å². The molecule has 4 rings (SSSR count). The zero-order valence-corrected chi connectivity index (χ0v) is 23.8. The molecule has 0 spiro atoms. The first-order valence-electron chi connectivity index (χ1n) is 13.0. The standard InChI is InChI=1S/C33H29N3O5S/c1-21-8-11-23(12-9-21)18-29(36-31(38)24-6-4-3-5-7-24)32(39)34-26-14-16-27(17-15-26)42-20-30(37)35-28-19-25(33(40)41)13-10-22(28)2/h3-19H,20H2,1-2H3,(H,34,39)(H,35,37)(H,36,38)(H,40,41)/b29-18-. The van der Waals surface area contributed by atoms with Crippen LogP contribution in [-0.4, -0.2) is 34.6 Å². The molecule has 4 aromatic rings. The maximum Gasteiger partial charge on any atom is 0.335 e. The third kappa shape index (κ3) is 8.42. The minimum absolute atomic E-state index is 0.0880. The molecular weight excluding hydrogens is 550 g/mol. The van der Waals surface area contributed by atoms with Gasteiger partial charge in [-0.25, -0.2) is 4.79 Å². The third-order valence-electron chi connectivity index (χ3n) is 6.16. The van der Waals surface area contributed by atoms with Crippen molar-refractivity contribution < 1.29 is 24.3 Å². The summed E-state index contributed by atoms with van der Waals surface area (Å²) in [6.07, 6.45) is 1.62. The topological polar surface area (TPSA) is 125 Å². The molecule has 4 N–H and O–H groups in total. The summed E-state index contributed by atoms with van der Waals surface area (Å²) in [6, 6.07) is 27.7. The maximum absolute atomic E-state index is 13.2. The predicted octanol–water partition coefficient (Wildman–Crippen LogP) is 6.14. The predicted molar refractivity (Wildman–Crippen MR) is 166 cm³/mol. The van der Waals surface area contributed by atoms with Gasteiger partial charge in [-0.05, 0) is 79.6 Å². The number of amides is 3. The van der Waals surface area contributed by atoms with Gasteiger partial charge in [0, 0.05) is 21.8 Å². The third-order valence-corrected chi connectivity index (χ3v) is 7.17. The Kier molecular flexibility index (Phi) is 9.91. The molecule has 9 heteroatoms. The molecule has 0 heterocycles. The number of aromatic carboxylic acids is 1. The molecule has 3 amide bonds. The van der Waals surface area contributed by atoms with Crippen LogP contribution in [0.3, 0.4) is 0 Å². The Morgan fingerprint density at radius 1 is 0.786 bits per heavy atom. The van der Waals surface area contributed by atoms with Gasteiger partial charge >= 0.3 is 5.97 Å². The Labute approximate surface area is 247 Å². The van der Waals surface area contributed by atoms with Gasteiger partial charge in [-0.3, -0.25) is 14.4 Å². The minimum Gasteiger partial charge on any atom is -0.478 e. The number of carboxylic acid groups (broad SMARTS) is 1. The molecule has 212 valence electrons. The molecule has 8 nitrogen and oxygen atoms in total. The Hall–Kier alpha value is -5.15. The number of hydrogen-bond acceptors (Lipinski definition) is 5. The van der Waals surface area contributed by atoms with E-state index in [0.29, 0.717) is 16.9 Å². The first-order valence-corrected chi connectivity index (χ1v) is 14.0. The summed E-state index contributed by atoms with van der Waals surface area (Å²) >= 11 is 1.30. The van der Waals surface area contributed by atoms with E-state index >= 15 is 0 Å². The summed E-state index contributed by atoms with van der Waals surface area (Å²) in [6.45, 7) is 3.75. The van der Waals surface area contributed by atoms with Crippen molar-refractivity contribution in [2.45, 2.75) is 18.7 Å². The molecule has 0 saturated heterocycles. The van der Waals surface area contributed by atoms with Gasteiger partial charge < -0.3 is 21.1 Å². The quantitative estimate of drug-likeness (QED) is 0.132. The van der Waals surface area contributed by atoms with E-state index in [0.717, 1.165) is 21.6 Å². The van der Waals surface area contributed by atoms with Crippen LogP contribution in [0.2, 0.25) is 0 Å². The zero-order chi connectivity index (χ0) is 30.1. The fraction of sp³-hybridized carbons (Fsp3) is 0.0909. The molecule has 0 atom stereocenters. The van der Waals surface area contributed by atoms with Crippen molar-refractivity contribution in [3.8, 4) is 0 Å². The highest BCUT2D eigenvalue weighted by atomic mass is 32.2. The number of nitrogens with one attached hydrogen (secondary N) is 3. The van der Waals surface area contributed by atoms with Gasteiger partial charge in [-0.15, -0.1) is 11.8 Å². The largest absolute Gasteiger partial charge is 0.478 e. The normalized spacial score (nSPS) is 11.0. The van der Waals surface area contributed by atoms with Crippen LogP contribution in [0.25, 0.3) is 6.08 Å². The van der Waals surface area contributed by atoms with E-state index < -0.39 is 17.8 Å². The Morgan fingerprint density at radius 2 is 1.48 bits per heavy atom. The first-order chi connectivity index (χ1) is 20.2. The lowest BCUT2D eigenvalue weighted by molar-refractivity contribution is -0.114. The van der Waals surface area contributed by atoms with Crippen LogP contribution in [0, 0.1) is 13.8 Å². The molecule has 0 aromatic heterocycles. The number of anilines is 2. The minimum atomic E-state index is -1.07. The molecule has 4 aromatic carbocycles. The lowest BCUT2D eigenvalue weighted by Gasteiger charge is -2.12. The summed E-state index contributed by atoms with van der Waals surface area (Å²) < 4.78 is 0. The van der Waals surface area contributed by atoms with Crippen molar-refractivity contribution in [1.82, 2.24) is 5.32 Å². The number of rotatable bonds is 10. The SMILES string of the molecule is Cc1ccc(/C=C(\NC(=O)c2ccccc2)C(=O)Nc2ccc(SCC(=O)Nc3cc(C(=O)O)ccc3C)cc2)cc1. The molecule has 0 unspecified atom stereocenters. The molecule has 0 aliphatic carbocycles. The van der Waals surface area contributed by atoms with Crippen LogP contribution < -0.4 is 16.0 Å². The number of carboxylic acids is 1. The van der Waals surface area contributed by atoms with Crippen molar-refractivity contribution in [3.63, 3.8) is 0 Å². The lowest BCUT2D eigenvalue weighted by Crippen LogP contribution is -2.30. The van der Waals surface area contributed by atoms with Crippen molar-refractivity contribution in [3.05, 3.63) is 131 Å². The van der Waals surface area contributed by atoms with Crippen LogP contribution in [0.4, 0.5) is 11.4 Å². The second kappa shape index (κ2) is 14.0. The van der Waals surface area contributed by atoms with Gasteiger partial charge in [-0.2, -0.15) is 0 Å². The number of benzene rings is 4. The zero-order valence-electron chi connectivity index (χ0n) is 23.0. The molecule has 0 bridgehead atoms. The number of aryl methyl sites for hydroxylation is 2. The second-order valence-electron chi connectivity index (χ2n) is 9.44. The van der Waals surface area contributed by atoms with Gasteiger partial charge in [0.2, 0.25) is 5.91 Å². The summed E-state index contributed by atoms with van der Waals surface area (Å²) in [4.78, 5) is 50.6. The highest BCUT2D eigenvalue weighted by Crippen LogP contribution is 2.22. The van der Waals surface area contributed by atoms with E-state index in [1.165, 1.54) is 23.9 Å². The summed E-state index contributed by atoms with van der Waals surface area (Å²) in [5.41, 5.74) is 4.16. The van der Waals surface area contributed by atoms with E-state index in [9.17, 15) is 24.3 Å². The fourth-order valence-corrected chi connectivity index (χ4v) is 4.53. The Bertz CT molecular complexity index is 1630. The number of thioether (sulfide) groups is 1. The van der Waals surface area contributed by atoms with Gasteiger partial charge in [0.1, 0.15) is 5.70 Å². The Balaban J connectivity index is 1.39. The van der Waals surface area contributed by atoms with Crippen molar-refractivity contribution >= 4 is 52.9 Å². The molecule has 42 heavy (non-hydrogen) atoms. The number of carbonyl (C=O) groups is 4. The molecule has 0 saturated carbocycles. The van der Waals surface area contributed by atoms with E-state index in [2.05, 4.69) is 16.0 Å². The van der Waals surface area contributed by atoms with Gasteiger partial charge in [0.25, 0.3) is 11.8 Å². The van der Waals surface area contributed by atoms with Crippen LogP contribution >= 0.6 is 11.8 Å². The van der Waals surface area contributed by atoms with E-state index in [1.807, 2.05) is 37.3 Å². The average molecular weight is 580 g/mol. The number of carbonyl (C=O) groups excluding carboxylic acids is 3. The summed E-state index contributed by atoms with van der Waals surface area (Å²) in [5.74, 6) is -2.12. The van der Waals surface area contributed by atoms with E-state index in [-0.39, 0.29) is 22.9 Å². The molecule has 0 radical (unpaired) electrons. The smallest absolute Gasteiger partial charge is 0.335 e. The lowest BCUT2D eigenvalue weighted by atomic mass is 10.1. The second-order valence-corrected chi connectivity index (χ2v) is 10.5. The fourth-order valence-electron chi connectivity index (χ4n) is 3.83.